The molecular formula is C22H25ClN4O4S. The van der Waals surface area contributed by atoms with Crippen molar-refractivity contribution in [3.05, 3.63) is 76.6 Å². The SMILES string of the molecule is COc1ccc(C(=O)NCCCn2cc(C)cn2)cc1S(=O)(=O)NCc1ccc(Cl)cc1. The van der Waals surface area contributed by atoms with Gasteiger partial charge >= 0.3 is 0 Å². The average molecular weight is 477 g/mol. The zero-order valence-electron chi connectivity index (χ0n) is 17.8. The van der Waals surface area contributed by atoms with Crippen molar-refractivity contribution in [2.45, 2.75) is 31.3 Å². The number of methoxy groups -OCH3 is 1. The first-order valence-corrected chi connectivity index (χ1v) is 11.8. The number of nitrogens with zero attached hydrogens (tertiary/aromatic N) is 2. The van der Waals surface area contributed by atoms with Crippen molar-refractivity contribution >= 4 is 27.5 Å². The molecule has 0 aliphatic rings. The monoisotopic (exact) mass is 476 g/mol. The van der Waals surface area contributed by atoms with Gasteiger partial charge in [-0.2, -0.15) is 5.10 Å². The van der Waals surface area contributed by atoms with Gasteiger partial charge in [0.1, 0.15) is 10.6 Å². The molecule has 1 heterocycles. The van der Waals surface area contributed by atoms with Gasteiger partial charge < -0.3 is 10.1 Å². The molecule has 1 amide bonds. The van der Waals surface area contributed by atoms with Crippen molar-refractivity contribution in [1.29, 1.82) is 0 Å². The van der Waals surface area contributed by atoms with Crippen LogP contribution in [0.25, 0.3) is 0 Å². The first kappa shape index (κ1) is 23.8. The van der Waals surface area contributed by atoms with Gasteiger partial charge in [0.2, 0.25) is 10.0 Å². The highest BCUT2D eigenvalue weighted by molar-refractivity contribution is 7.89. The molecule has 2 N–H and O–H groups in total. The molecule has 170 valence electrons. The van der Waals surface area contributed by atoms with Crippen molar-refractivity contribution in [1.82, 2.24) is 19.8 Å². The number of carbonyl (C=O) groups is 1. The number of hydrogen-bond acceptors (Lipinski definition) is 5. The van der Waals surface area contributed by atoms with Gasteiger partial charge in [0.15, 0.2) is 0 Å². The number of rotatable bonds is 10. The van der Waals surface area contributed by atoms with Crippen molar-refractivity contribution in [2.75, 3.05) is 13.7 Å². The highest BCUT2D eigenvalue weighted by Gasteiger charge is 2.21. The molecule has 0 unspecified atom stereocenters. The lowest BCUT2D eigenvalue weighted by Crippen LogP contribution is -2.27. The minimum Gasteiger partial charge on any atom is -0.495 e. The topological polar surface area (TPSA) is 102 Å². The van der Waals surface area contributed by atoms with E-state index in [9.17, 15) is 13.2 Å². The maximum atomic E-state index is 12.9. The lowest BCUT2D eigenvalue weighted by Gasteiger charge is -2.13. The average Bonchev–Trinajstić information content (AvgIpc) is 3.20. The number of aromatic nitrogens is 2. The van der Waals surface area contributed by atoms with Crippen molar-refractivity contribution in [3.63, 3.8) is 0 Å². The fraction of sp³-hybridized carbons (Fsp3) is 0.273. The summed E-state index contributed by atoms with van der Waals surface area (Å²) in [6.07, 6.45) is 4.40. The predicted octanol–water partition coefficient (Wildman–Crippen LogP) is 3.15. The van der Waals surface area contributed by atoms with E-state index in [1.165, 1.54) is 25.3 Å². The van der Waals surface area contributed by atoms with Gasteiger partial charge in [-0.25, -0.2) is 13.1 Å². The largest absolute Gasteiger partial charge is 0.495 e. The Labute approximate surface area is 192 Å². The molecule has 0 aliphatic heterocycles. The number of sulfonamides is 1. The molecule has 3 rings (SSSR count). The molecule has 3 aromatic rings. The minimum atomic E-state index is -3.93. The summed E-state index contributed by atoms with van der Waals surface area (Å²) < 4.78 is 35.3. The van der Waals surface area contributed by atoms with Crippen LogP contribution < -0.4 is 14.8 Å². The lowest BCUT2D eigenvalue weighted by molar-refractivity contribution is 0.0952. The number of ether oxygens (including phenoxy) is 1. The summed E-state index contributed by atoms with van der Waals surface area (Å²) in [5.41, 5.74) is 2.05. The van der Waals surface area contributed by atoms with Crippen LogP contribution in [0.4, 0.5) is 0 Å². The molecule has 0 bridgehead atoms. The fourth-order valence-electron chi connectivity index (χ4n) is 3.02. The molecule has 0 radical (unpaired) electrons. The smallest absolute Gasteiger partial charge is 0.251 e. The van der Waals surface area contributed by atoms with Gasteiger partial charge in [0, 0.05) is 36.4 Å². The summed E-state index contributed by atoms with van der Waals surface area (Å²) in [5, 5.41) is 7.57. The molecular weight excluding hydrogens is 452 g/mol. The van der Waals surface area contributed by atoms with Gasteiger partial charge in [0.25, 0.3) is 5.91 Å². The van der Waals surface area contributed by atoms with Crippen LogP contribution in [0, 0.1) is 6.92 Å². The quantitative estimate of drug-likeness (QED) is 0.437. The van der Waals surface area contributed by atoms with Gasteiger partial charge in [-0.05, 0) is 54.8 Å². The van der Waals surface area contributed by atoms with Crippen LogP contribution in [0.3, 0.4) is 0 Å². The summed E-state index contributed by atoms with van der Waals surface area (Å²) in [4.78, 5) is 12.4. The van der Waals surface area contributed by atoms with Crippen molar-refractivity contribution in [2.24, 2.45) is 0 Å². The van der Waals surface area contributed by atoms with Crippen LogP contribution in [-0.2, 0) is 23.1 Å². The molecule has 2 aromatic carbocycles. The summed E-state index contributed by atoms with van der Waals surface area (Å²) in [6, 6.07) is 11.2. The minimum absolute atomic E-state index is 0.0754. The Bertz CT molecular complexity index is 1180. The van der Waals surface area contributed by atoms with E-state index in [4.69, 9.17) is 16.3 Å². The molecule has 1 aromatic heterocycles. The van der Waals surface area contributed by atoms with E-state index in [1.807, 2.05) is 17.8 Å². The number of carbonyl (C=O) groups excluding carboxylic acids is 1. The van der Waals surface area contributed by atoms with Crippen molar-refractivity contribution < 1.29 is 17.9 Å². The van der Waals surface area contributed by atoms with Crippen LogP contribution in [0.1, 0.15) is 27.9 Å². The lowest BCUT2D eigenvalue weighted by atomic mass is 10.2. The maximum absolute atomic E-state index is 12.9. The molecule has 32 heavy (non-hydrogen) atoms. The van der Waals surface area contributed by atoms with Crippen LogP contribution in [0.2, 0.25) is 5.02 Å². The summed E-state index contributed by atoms with van der Waals surface area (Å²) >= 11 is 5.86. The van der Waals surface area contributed by atoms with Crippen LogP contribution in [0.15, 0.2) is 59.8 Å². The normalized spacial score (nSPS) is 11.3. The highest BCUT2D eigenvalue weighted by Crippen LogP contribution is 2.25. The van der Waals surface area contributed by atoms with Gasteiger partial charge in [-0.15, -0.1) is 0 Å². The Hall–Kier alpha value is -2.88. The van der Waals surface area contributed by atoms with E-state index in [2.05, 4.69) is 15.1 Å². The number of amides is 1. The maximum Gasteiger partial charge on any atom is 0.251 e. The third-order valence-corrected chi connectivity index (χ3v) is 6.38. The summed E-state index contributed by atoms with van der Waals surface area (Å²) in [6.45, 7) is 3.14. The Morgan fingerprint density at radius 1 is 1.19 bits per heavy atom. The number of benzene rings is 2. The second-order valence-corrected chi connectivity index (χ2v) is 9.38. The zero-order valence-corrected chi connectivity index (χ0v) is 19.4. The molecule has 0 aliphatic carbocycles. The fourth-order valence-corrected chi connectivity index (χ4v) is 4.36. The van der Waals surface area contributed by atoms with Gasteiger partial charge in [-0.3, -0.25) is 9.48 Å². The number of nitrogens with one attached hydrogen (secondary N) is 2. The molecule has 0 fully saturated rings. The van der Waals surface area contributed by atoms with Gasteiger partial charge in [0.05, 0.1) is 13.3 Å². The second-order valence-electron chi connectivity index (χ2n) is 7.21. The molecule has 0 saturated carbocycles. The zero-order chi connectivity index (χ0) is 23.1. The van der Waals surface area contributed by atoms with E-state index < -0.39 is 10.0 Å². The highest BCUT2D eigenvalue weighted by atomic mass is 35.5. The molecule has 8 nitrogen and oxygen atoms in total. The Balaban J connectivity index is 1.65. The predicted molar refractivity (Wildman–Crippen MR) is 122 cm³/mol. The Morgan fingerprint density at radius 2 is 1.94 bits per heavy atom. The Morgan fingerprint density at radius 3 is 2.59 bits per heavy atom. The van der Waals surface area contributed by atoms with E-state index >= 15 is 0 Å². The van der Waals surface area contributed by atoms with E-state index in [-0.39, 0.29) is 28.7 Å². The van der Waals surface area contributed by atoms with E-state index in [0.29, 0.717) is 24.5 Å². The van der Waals surface area contributed by atoms with Crippen LogP contribution >= 0.6 is 11.6 Å². The summed E-state index contributed by atoms with van der Waals surface area (Å²) in [7, 11) is -2.55. The van der Waals surface area contributed by atoms with Crippen LogP contribution in [-0.4, -0.2) is 37.8 Å². The second kappa shape index (κ2) is 10.6. The van der Waals surface area contributed by atoms with E-state index in [1.54, 1.807) is 30.5 Å². The molecule has 0 atom stereocenters. The molecule has 0 spiro atoms. The standard InChI is InChI=1S/C22H25ClN4O4S/c1-16-13-25-27(15-16)11-3-10-24-22(28)18-6-9-20(31-2)21(12-18)32(29,30)26-14-17-4-7-19(23)8-5-17/h4-9,12-13,15,26H,3,10-11,14H2,1-2H3,(H,24,28). The van der Waals surface area contributed by atoms with Crippen molar-refractivity contribution in [3.8, 4) is 5.75 Å². The Kier molecular flexibility index (Phi) is 7.89. The van der Waals surface area contributed by atoms with Crippen LogP contribution in [0.5, 0.6) is 5.75 Å². The number of halogens is 1. The number of hydrogen-bond donors (Lipinski definition) is 2. The summed E-state index contributed by atoms with van der Waals surface area (Å²) in [5.74, 6) is -0.211. The first-order chi connectivity index (χ1) is 15.3. The third kappa shape index (κ3) is 6.32. The number of aryl methyl sites for hydroxylation is 2. The third-order valence-electron chi connectivity index (χ3n) is 4.71. The van der Waals surface area contributed by atoms with Gasteiger partial charge in [-0.1, -0.05) is 23.7 Å². The van der Waals surface area contributed by atoms with E-state index in [0.717, 1.165) is 11.1 Å². The molecule has 10 heteroatoms. The first-order valence-electron chi connectivity index (χ1n) is 9.98. The molecule has 0 saturated heterocycles.